The minimum Gasteiger partial charge on any atom is -0.504 e. The Bertz CT molecular complexity index is 431. The van der Waals surface area contributed by atoms with Gasteiger partial charge in [-0.25, -0.2) is 0 Å². The predicted octanol–water partition coefficient (Wildman–Crippen LogP) is 3.66. The Morgan fingerprint density at radius 3 is 2.40 bits per heavy atom. The third-order valence-electron chi connectivity index (χ3n) is 4.08. The van der Waals surface area contributed by atoms with E-state index in [0.717, 1.165) is 37.9 Å². The number of aromatic hydroxyl groups is 2. The van der Waals surface area contributed by atoms with E-state index in [2.05, 4.69) is 18.7 Å². The molecule has 3 nitrogen and oxygen atoms in total. The Hall–Kier alpha value is -0.740. The van der Waals surface area contributed by atoms with Crippen LogP contribution in [0.1, 0.15) is 44.2 Å². The summed E-state index contributed by atoms with van der Waals surface area (Å²) in [5.41, 5.74) is 2.15. The summed E-state index contributed by atoms with van der Waals surface area (Å²) in [6, 6.07) is 4.16. The Morgan fingerprint density at radius 1 is 1.15 bits per heavy atom. The monoisotopic (exact) mass is 343 g/mol. The van der Waals surface area contributed by atoms with E-state index in [4.69, 9.17) is 0 Å². The summed E-state index contributed by atoms with van der Waals surface area (Å²) in [6.07, 6.45) is 5.30. The van der Waals surface area contributed by atoms with Crippen molar-refractivity contribution in [3.05, 3.63) is 23.3 Å². The number of phenolic OH excluding ortho intramolecular Hbond substituents is 2. The molecule has 1 aromatic carbocycles. The molecule has 0 fully saturated rings. The number of rotatable bonds is 5. The third kappa shape index (κ3) is 3.67. The summed E-state index contributed by atoms with van der Waals surface area (Å²) in [6.45, 7) is 6.75. The fraction of sp³-hybridized carbons (Fsp3) is 0.625. The lowest BCUT2D eigenvalue weighted by Crippen LogP contribution is -2.40. The molecule has 1 aliphatic rings. The number of benzene rings is 1. The van der Waals surface area contributed by atoms with Gasteiger partial charge < -0.3 is 15.1 Å². The topological polar surface area (TPSA) is 43.7 Å². The highest BCUT2D eigenvalue weighted by molar-refractivity contribution is 8.93. The molecule has 2 rings (SSSR count). The lowest BCUT2D eigenvalue weighted by Gasteiger charge is -2.35. The molecule has 1 aromatic rings. The molecule has 0 aromatic heterocycles. The Balaban J connectivity index is 0.00000200. The van der Waals surface area contributed by atoms with Gasteiger partial charge in [-0.05, 0) is 56.8 Å². The van der Waals surface area contributed by atoms with Crippen LogP contribution in [-0.2, 0) is 12.8 Å². The van der Waals surface area contributed by atoms with Gasteiger partial charge in [0.05, 0.1) is 0 Å². The average molecular weight is 344 g/mol. The van der Waals surface area contributed by atoms with Crippen molar-refractivity contribution in [2.24, 2.45) is 0 Å². The van der Waals surface area contributed by atoms with Crippen LogP contribution in [0.15, 0.2) is 12.1 Å². The zero-order valence-corrected chi connectivity index (χ0v) is 14.1. The SMILES string of the molecule is Br.CCCN(CCC)C1CCc2c(ccc(O)c2O)C1. The summed E-state index contributed by atoms with van der Waals surface area (Å²) in [5.74, 6) is 0.102. The van der Waals surface area contributed by atoms with Crippen LogP contribution in [-0.4, -0.2) is 34.2 Å². The number of nitrogens with zero attached hydrogens (tertiary/aromatic N) is 1. The first kappa shape index (κ1) is 17.3. The van der Waals surface area contributed by atoms with Gasteiger partial charge in [-0.2, -0.15) is 0 Å². The zero-order chi connectivity index (χ0) is 13.8. The van der Waals surface area contributed by atoms with Gasteiger partial charge in [-0.1, -0.05) is 19.9 Å². The van der Waals surface area contributed by atoms with E-state index in [1.807, 2.05) is 6.07 Å². The maximum absolute atomic E-state index is 9.91. The summed E-state index contributed by atoms with van der Waals surface area (Å²) in [7, 11) is 0. The number of fused-ring (bicyclic) bond motifs is 1. The van der Waals surface area contributed by atoms with E-state index < -0.39 is 0 Å². The molecule has 0 bridgehead atoms. The maximum Gasteiger partial charge on any atom is 0.160 e. The molecule has 1 aliphatic carbocycles. The van der Waals surface area contributed by atoms with E-state index in [1.165, 1.54) is 18.4 Å². The number of hydrogen-bond donors (Lipinski definition) is 2. The molecule has 0 radical (unpaired) electrons. The second kappa shape index (κ2) is 7.89. The van der Waals surface area contributed by atoms with Gasteiger partial charge in [0, 0.05) is 11.6 Å². The highest BCUT2D eigenvalue weighted by Crippen LogP contribution is 2.36. The molecular formula is C16H26BrNO2. The molecule has 0 amide bonds. The quantitative estimate of drug-likeness (QED) is 0.802. The highest BCUT2D eigenvalue weighted by atomic mass is 79.9. The normalized spacial score (nSPS) is 17.6. The lowest BCUT2D eigenvalue weighted by atomic mass is 9.86. The van der Waals surface area contributed by atoms with Crippen molar-refractivity contribution in [2.45, 2.75) is 52.0 Å². The first-order valence-electron chi connectivity index (χ1n) is 7.44. The van der Waals surface area contributed by atoms with Crippen molar-refractivity contribution in [2.75, 3.05) is 13.1 Å². The Labute approximate surface area is 132 Å². The maximum atomic E-state index is 9.91. The molecule has 0 heterocycles. The van der Waals surface area contributed by atoms with E-state index >= 15 is 0 Å². The number of hydrogen-bond acceptors (Lipinski definition) is 3. The number of phenols is 2. The number of halogens is 1. The average Bonchev–Trinajstić information content (AvgIpc) is 2.42. The van der Waals surface area contributed by atoms with Crippen LogP contribution >= 0.6 is 17.0 Å². The van der Waals surface area contributed by atoms with E-state index in [1.54, 1.807) is 6.07 Å². The van der Waals surface area contributed by atoms with Crippen molar-refractivity contribution >= 4 is 17.0 Å². The van der Waals surface area contributed by atoms with Crippen molar-refractivity contribution in [3.63, 3.8) is 0 Å². The van der Waals surface area contributed by atoms with E-state index in [0.29, 0.717) is 6.04 Å². The molecule has 114 valence electrons. The summed E-state index contributed by atoms with van der Waals surface area (Å²) in [5, 5.41) is 19.5. The molecular weight excluding hydrogens is 318 g/mol. The second-order valence-corrected chi connectivity index (χ2v) is 5.50. The molecule has 1 unspecified atom stereocenters. The Morgan fingerprint density at radius 2 is 1.80 bits per heavy atom. The zero-order valence-electron chi connectivity index (χ0n) is 12.4. The standard InChI is InChI=1S/C16H25NO2.BrH/c1-3-9-17(10-4-2)13-6-7-14-12(11-13)5-8-15(18)16(14)19;/h5,8,13,18-19H,3-4,6-7,9-11H2,1-2H3;1H. The van der Waals surface area contributed by atoms with Crippen LogP contribution in [0.25, 0.3) is 0 Å². The predicted molar refractivity (Wildman–Crippen MR) is 88.1 cm³/mol. The highest BCUT2D eigenvalue weighted by Gasteiger charge is 2.25. The van der Waals surface area contributed by atoms with Crippen molar-refractivity contribution in [1.29, 1.82) is 0 Å². The van der Waals surface area contributed by atoms with Crippen molar-refractivity contribution in [3.8, 4) is 11.5 Å². The molecule has 0 spiro atoms. The van der Waals surface area contributed by atoms with Crippen LogP contribution in [0.4, 0.5) is 0 Å². The lowest BCUT2D eigenvalue weighted by molar-refractivity contribution is 0.179. The van der Waals surface area contributed by atoms with Gasteiger partial charge in [0.15, 0.2) is 11.5 Å². The molecule has 0 saturated carbocycles. The van der Waals surface area contributed by atoms with Gasteiger partial charge in [0.1, 0.15) is 0 Å². The fourth-order valence-corrected chi connectivity index (χ4v) is 3.17. The fourth-order valence-electron chi connectivity index (χ4n) is 3.17. The smallest absolute Gasteiger partial charge is 0.160 e. The summed E-state index contributed by atoms with van der Waals surface area (Å²) >= 11 is 0. The van der Waals surface area contributed by atoms with Gasteiger partial charge in [0.25, 0.3) is 0 Å². The van der Waals surface area contributed by atoms with Crippen LogP contribution in [0.2, 0.25) is 0 Å². The summed E-state index contributed by atoms with van der Waals surface area (Å²) in [4.78, 5) is 2.58. The minimum atomic E-state index is 0. The van der Waals surface area contributed by atoms with Crippen LogP contribution in [0, 0.1) is 0 Å². The first-order chi connectivity index (χ1) is 9.17. The third-order valence-corrected chi connectivity index (χ3v) is 4.08. The van der Waals surface area contributed by atoms with Gasteiger partial charge in [0.2, 0.25) is 0 Å². The van der Waals surface area contributed by atoms with Crippen LogP contribution in [0.3, 0.4) is 0 Å². The van der Waals surface area contributed by atoms with Gasteiger partial charge >= 0.3 is 0 Å². The summed E-state index contributed by atoms with van der Waals surface area (Å²) < 4.78 is 0. The van der Waals surface area contributed by atoms with Gasteiger partial charge in [-0.3, -0.25) is 0 Å². The second-order valence-electron chi connectivity index (χ2n) is 5.50. The van der Waals surface area contributed by atoms with Crippen molar-refractivity contribution < 1.29 is 10.2 Å². The van der Waals surface area contributed by atoms with Crippen LogP contribution < -0.4 is 0 Å². The van der Waals surface area contributed by atoms with Crippen molar-refractivity contribution in [1.82, 2.24) is 4.90 Å². The molecule has 20 heavy (non-hydrogen) atoms. The molecule has 0 aliphatic heterocycles. The molecule has 2 N–H and O–H groups in total. The molecule has 1 atom stereocenters. The largest absolute Gasteiger partial charge is 0.504 e. The molecule has 4 heteroatoms. The molecule has 0 saturated heterocycles. The van der Waals surface area contributed by atoms with Crippen LogP contribution in [0.5, 0.6) is 11.5 Å². The Kier molecular flexibility index (Phi) is 6.83. The first-order valence-corrected chi connectivity index (χ1v) is 7.44. The van der Waals surface area contributed by atoms with E-state index in [9.17, 15) is 10.2 Å². The van der Waals surface area contributed by atoms with Gasteiger partial charge in [-0.15, -0.1) is 17.0 Å². The minimum absolute atomic E-state index is 0. The van der Waals surface area contributed by atoms with E-state index in [-0.39, 0.29) is 28.5 Å².